The Morgan fingerprint density at radius 3 is 2.73 bits per heavy atom. The van der Waals surface area contributed by atoms with Crippen molar-refractivity contribution in [3.05, 3.63) is 58.7 Å². The summed E-state index contributed by atoms with van der Waals surface area (Å²) in [6.07, 6.45) is 2.84. The Morgan fingerprint density at radius 2 is 2.00 bits per heavy atom. The molecule has 5 rings (SSSR count). The molecule has 0 unspecified atom stereocenters. The number of aromatic amines is 1. The second-order valence-corrected chi connectivity index (χ2v) is 8.75. The molecule has 0 radical (unpaired) electrons. The lowest BCUT2D eigenvalue weighted by Crippen LogP contribution is -2.33. The van der Waals surface area contributed by atoms with Crippen molar-refractivity contribution in [2.45, 2.75) is 31.4 Å². The average molecular weight is 425 g/mol. The first kappa shape index (κ1) is 19.1. The van der Waals surface area contributed by atoms with Gasteiger partial charge in [0.15, 0.2) is 0 Å². The summed E-state index contributed by atoms with van der Waals surface area (Å²) in [5.74, 6) is 0.0817. The smallest absolute Gasteiger partial charge is 0.251 e. The fourth-order valence-electron chi connectivity index (χ4n) is 4.88. The Balaban J connectivity index is 1.28. The number of amides is 2. The van der Waals surface area contributed by atoms with E-state index in [1.54, 1.807) is 36.5 Å². The molecule has 2 aliphatic rings. The number of hydrogen-bond donors (Lipinski definition) is 4. The predicted molar refractivity (Wildman–Crippen MR) is 113 cm³/mol. The van der Waals surface area contributed by atoms with Gasteiger partial charge in [0.25, 0.3) is 5.91 Å². The normalized spacial score (nSPS) is 27.0. The number of aromatic nitrogens is 2. The van der Waals surface area contributed by atoms with E-state index in [1.165, 1.54) is 6.92 Å². The number of rotatable bonds is 4. The van der Waals surface area contributed by atoms with E-state index in [1.807, 2.05) is 6.07 Å². The van der Waals surface area contributed by atoms with E-state index < -0.39 is 5.60 Å². The maximum Gasteiger partial charge on any atom is 0.251 e. The molecule has 1 aromatic heterocycles. The highest BCUT2D eigenvalue weighted by atomic mass is 35.5. The standard InChI is InChI=1S/C22H21ClN4O3/c1-11(28)25-14-4-2-3-12(5-14)21(29)26-20-15-8-22(30,9-16(15)20)18-6-13(23)7-19-17(18)10-24-27-19/h2-7,10,15-16,20,30H,8-9H2,1H3,(H,24,27)(H,25,28)(H,26,29)/t15-,16+,20+,22+. The van der Waals surface area contributed by atoms with Gasteiger partial charge < -0.3 is 15.7 Å². The molecule has 2 saturated carbocycles. The van der Waals surface area contributed by atoms with Gasteiger partial charge in [0.1, 0.15) is 0 Å². The summed E-state index contributed by atoms with van der Waals surface area (Å²) >= 11 is 6.24. The highest BCUT2D eigenvalue weighted by Crippen LogP contribution is 2.60. The zero-order valence-corrected chi connectivity index (χ0v) is 17.0. The Morgan fingerprint density at radius 1 is 1.23 bits per heavy atom. The van der Waals surface area contributed by atoms with Gasteiger partial charge in [0.2, 0.25) is 5.91 Å². The van der Waals surface area contributed by atoms with Crippen LogP contribution in [0.3, 0.4) is 0 Å². The Hall–Kier alpha value is -2.90. The number of benzene rings is 2. The molecule has 2 aromatic carbocycles. The number of H-pyrrole nitrogens is 1. The summed E-state index contributed by atoms with van der Waals surface area (Å²) in [7, 11) is 0. The van der Waals surface area contributed by atoms with E-state index >= 15 is 0 Å². The summed E-state index contributed by atoms with van der Waals surface area (Å²) in [4.78, 5) is 23.9. The van der Waals surface area contributed by atoms with Crippen LogP contribution in [0.25, 0.3) is 10.9 Å². The van der Waals surface area contributed by atoms with Crippen molar-refractivity contribution >= 4 is 40.0 Å². The van der Waals surface area contributed by atoms with Crippen LogP contribution in [0.5, 0.6) is 0 Å². The van der Waals surface area contributed by atoms with E-state index in [2.05, 4.69) is 20.8 Å². The van der Waals surface area contributed by atoms with Crippen LogP contribution in [0.15, 0.2) is 42.6 Å². The molecule has 3 aromatic rings. The summed E-state index contributed by atoms with van der Waals surface area (Å²) in [6, 6.07) is 10.5. The van der Waals surface area contributed by atoms with Gasteiger partial charge >= 0.3 is 0 Å². The summed E-state index contributed by atoms with van der Waals surface area (Å²) in [5.41, 5.74) is 1.70. The van der Waals surface area contributed by atoms with Crippen molar-refractivity contribution in [1.82, 2.24) is 15.5 Å². The number of anilines is 1. The molecule has 30 heavy (non-hydrogen) atoms. The SMILES string of the molecule is CC(=O)Nc1cccc(C(=O)N[C@H]2[C@@H]3C[C@@](O)(c4cc(Cl)cc5[nH]ncc45)C[C@@H]32)c1. The zero-order chi connectivity index (χ0) is 21.0. The van der Waals surface area contributed by atoms with Crippen molar-refractivity contribution in [3.8, 4) is 0 Å². The fourth-order valence-corrected chi connectivity index (χ4v) is 5.09. The molecule has 2 aliphatic carbocycles. The van der Waals surface area contributed by atoms with Crippen LogP contribution in [0.2, 0.25) is 5.02 Å². The van der Waals surface area contributed by atoms with Crippen molar-refractivity contribution in [3.63, 3.8) is 0 Å². The molecule has 0 spiro atoms. The minimum absolute atomic E-state index is 0.0428. The van der Waals surface area contributed by atoms with E-state index in [0.717, 1.165) is 16.5 Å². The maximum atomic E-state index is 12.7. The molecule has 0 bridgehead atoms. The maximum absolute atomic E-state index is 12.7. The van der Waals surface area contributed by atoms with Crippen LogP contribution in [-0.4, -0.2) is 33.2 Å². The topological polar surface area (TPSA) is 107 Å². The lowest BCUT2D eigenvalue weighted by atomic mass is 9.86. The molecule has 8 heteroatoms. The van der Waals surface area contributed by atoms with Gasteiger partial charge in [0, 0.05) is 34.6 Å². The number of fused-ring (bicyclic) bond motifs is 2. The first-order valence-electron chi connectivity index (χ1n) is 9.88. The summed E-state index contributed by atoms with van der Waals surface area (Å²) in [6.45, 7) is 1.43. The molecule has 1 heterocycles. The van der Waals surface area contributed by atoms with Crippen molar-refractivity contribution < 1.29 is 14.7 Å². The number of nitrogens with one attached hydrogen (secondary N) is 3. The molecule has 2 fully saturated rings. The largest absolute Gasteiger partial charge is 0.385 e. The van der Waals surface area contributed by atoms with E-state index in [9.17, 15) is 14.7 Å². The van der Waals surface area contributed by atoms with Gasteiger partial charge in [-0.05, 0) is 60.6 Å². The third-order valence-corrected chi connectivity index (χ3v) is 6.46. The van der Waals surface area contributed by atoms with Crippen molar-refractivity contribution in [2.24, 2.45) is 11.8 Å². The zero-order valence-electron chi connectivity index (χ0n) is 16.3. The molecule has 0 aliphatic heterocycles. The monoisotopic (exact) mass is 424 g/mol. The molecule has 154 valence electrons. The number of aliphatic hydroxyl groups is 1. The number of carbonyl (C=O) groups excluding carboxylic acids is 2. The predicted octanol–water partition coefficient (Wildman–Crippen LogP) is 3.20. The van der Waals surface area contributed by atoms with Crippen molar-refractivity contribution in [2.75, 3.05) is 5.32 Å². The van der Waals surface area contributed by atoms with E-state index in [-0.39, 0.29) is 29.7 Å². The van der Waals surface area contributed by atoms with Crippen LogP contribution in [-0.2, 0) is 10.4 Å². The van der Waals surface area contributed by atoms with Crippen LogP contribution in [0, 0.1) is 11.8 Å². The third-order valence-electron chi connectivity index (χ3n) is 6.25. The van der Waals surface area contributed by atoms with E-state index in [0.29, 0.717) is 29.1 Å². The second kappa shape index (κ2) is 6.82. The number of hydrogen-bond acceptors (Lipinski definition) is 4. The fraction of sp³-hybridized carbons (Fsp3) is 0.318. The van der Waals surface area contributed by atoms with E-state index in [4.69, 9.17) is 11.6 Å². The highest BCUT2D eigenvalue weighted by Gasteiger charge is 2.62. The first-order chi connectivity index (χ1) is 14.3. The quantitative estimate of drug-likeness (QED) is 0.515. The van der Waals surface area contributed by atoms with Gasteiger partial charge in [0.05, 0.1) is 17.3 Å². The van der Waals surface area contributed by atoms with Gasteiger partial charge in [-0.15, -0.1) is 0 Å². The number of nitrogens with zero attached hydrogens (tertiary/aromatic N) is 1. The summed E-state index contributed by atoms with van der Waals surface area (Å²) in [5, 5.41) is 25.5. The van der Waals surface area contributed by atoms with Crippen molar-refractivity contribution in [1.29, 1.82) is 0 Å². The molecule has 2 amide bonds. The Labute approximate surface area is 177 Å². The summed E-state index contributed by atoms with van der Waals surface area (Å²) < 4.78 is 0. The minimum Gasteiger partial charge on any atom is -0.385 e. The van der Waals surface area contributed by atoms with Gasteiger partial charge in [-0.1, -0.05) is 17.7 Å². The van der Waals surface area contributed by atoms with Crippen LogP contribution in [0.1, 0.15) is 35.7 Å². The first-order valence-corrected chi connectivity index (χ1v) is 10.3. The van der Waals surface area contributed by atoms with Crippen LogP contribution < -0.4 is 10.6 Å². The average Bonchev–Trinajstić information content (AvgIpc) is 3.05. The highest BCUT2D eigenvalue weighted by molar-refractivity contribution is 6.31. The number of carbonyl (C=O) groups is 2. The molecule has 4 atom stereocenters. The molecule has 7 nitrogen and oxygen atoms in total. The number of halogens is 1. The van der Waals surface area contributed by atoms with Crippen LogP contribution >= 0.6 is 11.6 Å². The molecule has 0 saturated heterocycles. The van der Waals surface area contributed by atoms with Gasteiger partial charge in [-0.25, -0.2) is 0 Å². The Bertz CT molecular complexity index is 1160. The minimum atomic E-state index is -0.977. The van der Waals surface area contributed by atoms with Crippen LogP contribution in [0.4, 0.5) is 5.69 Å². The lowest BCUT2D eigenvalue weighted by Gasteiger charge is -2.27. The molecular formula is C22H21ClN4O3. The van der Waals surface area contributed by atoms with Gasteiger partial charge in [-0.2, -0.15) is 5.10 Å². The lowest BCUT2D eigenvalue weighted by molar-refractivity contribution is -0.114. The third kappa shape index (κ3) is 3.24. The molecule has 4 N–H and O–H groups in total. The second-order valence-electron chi connectivity index (χ2n) is 8.31. The molecular weight excluding hydrogens is 404 g/mol. The Kier molecular flexibility index (Phi) is 4.34. The van der Waals surface area contributed by atoms with Gasteiger partial charge in [-0.3, -0.25) is 14.7 Å².